The van der Waals surface area contributed by atoms with Crippen molar-refractivity contribution in [2.45, 2.75) is 12.3 Å². The SMILES string of the molecule is OCC(Cc1ccc(Cl)cc1Cl)c1ccccc1Br. The first-order valence-electron chi connectivity index (χ1n) is 5.91. The first-order chi connectivity index (χ1) is 9.11. The van der Waals surface area contributed by atoms with Crippen molar-refractivity contribution >= 4 is 39.1 Å². The van der Waals surface area contributed by atoms with E-state index in [9.17, 15) is 5.11 Å². The normalized spacial score (nSPS) is 12.4. The third-order valence-electron chi connectivity index (χ3n) is 3.05. The van der Waals surface area contributed by atoms with E-state index >= 15 is 0 Å². The summed E-state index contributed by atoms with van der Waals surface area (Å²) in [7, 11) is 0. The van der Waals surface area contributed by atoms with Gasteiger partial charge in [0.2, 0.25) is 0 Å². The van der Waals surface area contributed by atoms with Crippen molar-refractivity contribution in [1.29, 1.82) is 0 Å². The first-order valence-corrected chi connectivity index (χ1v) is 7.46. The van der Waals surface area contributed by atoms with Crippen molar-refractivity contribution < 1.29 is 5.11 Å². The summed E-state index contributed by atoms with van der Waals surface area (Å²) < 4.78 is 0.999. The molecule has 0 heterocycles. The molecule has 1 N–H and O–H groups in total. The summed E-state index contributed by atoms with van der Waals surface area (Å²) in [6, 6.07) is 13.4. The lowest BCUT2D eigenvalue weighted by Gasteiger charge is -2.17. The van der Waals surface area contributed by atoms with Gasteiger partial charge in [-0.25, -0.2) is 0 Å². The van der Waals surface area contributed by atoms with Crippen LogP contribution in [0.4, 0.5) is 0 Å². The highest BCUT2D eigenvalue weighted by Crippen LogP contribution is 2.30. The molecule has 19 heavy (non-hydrogen) atoms. The Labute approximate surface area is 131 Å². The summed E-state index contributed by atoms with van der Waals surface area (Å²) in [5, 5.41) is 10.9. The Kier molecular flexibility index (Phi) is 5.28. The van der Waals surface area contributed by atoms with Crippen LogP contribution in [-0.4, -0.2) is 11.7 Å². The second-order valence-corrected chi connectivity index (χ2v) is 6.04. The molecule has 100 valence electrons. The fourth-order valence-corrected chi connectivity index (χ4v) is 3.13. The van der Waals surface area contributed by atoms with Crippen LogP contribution < -0.4 is 0 Å². The van der Waals surface area contributed by atoms with Crippen LogP contribution in [0.3, 0.4) is 0 Å². The van der Waals surface area contributed by atoms with Gasteiger partial charge in [-0.2, -0.15) is 0 Å². The van der Waals surface area contributed by atoms with E-state index in [2.05, 4.69) is 15.9 Å². The molecule has 4 heteroatoms. The zero-order valence-corrected chi connectivity index (χ0v) is 13.2. The standard InChI is InChI=1S/C15H13BrCl2O/c16-14-4-2-1-3-13(14)11(9-19)7-10-5-6-12(17)8-15(10)18/h1-6,8,11,19H,7,9H2. The molecule has 0 aliphatic rings. The van der Waals surface area contributed by atoms with E-state index in [-0.39, 0.29) is 12.5 Å². The molecule has 2 aromatic rings. The monoisotopic (exact) mass is 358 g/mol. The Morgan fingerprint density at radius 1 is 1.11 bits per heavy atom. The lowest BCUT2D eigenvalue weighted by atomic mass is 9.93. The second kappa shape index (κ2) is 6.76. The summed E-state index contributed by atoms with van der Waals surface area (Å²) in [6.07, 6.45) is 0.676. The molecule has 0 spiro atoms. The largest absolute Gasteiger partial charge is 0.396 e. The highest BCUT2D eigenvalue weighted by atomic mass is 79.9. The van der Waals surface area contributed by atoms with Crippen molar-refractivity contribution in [3.05, 3.63) is 68.1 Å². The van der Waals surface area contributed by atoms with Gasteiger partial charge in [0, 0.05) is 20.4 Å². The Morgan fingerprint density at radius 3 is 2.47 bits per heavy atom. The maximum atomic E-state index is 9.62. The lowest BCUT2D eigenvalue weighted by Crippen LogP contribution is -2.08. The van der Waals surface area contributed by atoms with Gasteiger partial charge in [0.1, 0.15) is 0 Å². The minimum Gasteiger partial charge on any atom is -0.396 e. The molecule has 1 nitrogen and oxygen atoms in total. The van der Waals surface area contributed by atoms with Gasteiger partial charge in [-0.15, -0.1) is 0 Å². The molecular formula is C15H13BrCl2O. The number of rotatable bonds is 4. The lowest BCUT2D eigenvalue weighted by molar-refractivity contribution is 0.264. The van der Waals surface area contributed by atoms with Crippen molar-refractivity contribution in [2.75, 3.05) is 6.61 Å². The predicted molar refractivity (Wildman–Crippen MR) is 84.1 cm³/mol. The second-order valence-electron chi connectivity index (χ2n) is 4.34. The highest BCUT2D eigenvalue weighted by Gasteiger charge is 2.15. The first kappa shape index (κ1) is 14.9. The van der Waals surface area contributed by atoms with E-state index in [0.29, 0.717) is 16.5 Å². The number of hydrogen-bond donors (Lipinski definition) is 1. The summed E-state index contributed by atoms with van der Waals surface area (Å²) in [4.78, 5) is 0. The van der Waals surface area contributed by atoms with Crippen LogP contribution >= 0.6 is 39.1 Å². The Balaban J connectivity index is 2.27. The van der Waals surface area contributed by atoms with Gasteiger partial charge < -0.3 is 5.11 Å². The molecule has 0 bridgehead atoms. The number of halogens is 3. The molecule has 1 atom stereocenters. The summed E-state index contributed by atoms with van der Waals surface area (Å²) in [5.74, 6) is 0.00857. The Morgan fingerprint density at radius 2 is 1.84 bits per heavy atom. The van der Waals surface area contributed by atoms with E-state index in [1.807, 2.05) is 36.4 Å². The van der Waals surface area contributed by atoms with E-state index in [0.717, 1.165) is 15.6 Å². The summed E-state index contributed by atoms with van der Waals surface area (Å²) in [6.45, 7) is 0.0710. The average molecular weight is 360 g/mol. The van der Waals surface area contributed by atoms with Crippen LogP contribution in [-0.2, 0) is 6.42 Å². The van der Waals surface area contributed by atoms with Gasteiger partial charge in [0.05, 0.1) is 6.61 Å². The van der Waals surface area contributed by atoms with Gasteiger partial charge in [-0.1, -0.05) is 63.4 Å². The van der Waals surface area contributed by atoms with Crippen LogP contribution in [0, 0.1) is 0 Å². The van der Waals surface area contributed by atoms with E-state index in [1.165, 1.54) is 0 Å². The summed E-state index contributed by atoms with van der Waals surface area (Å²) >= 11 is 15.6. The molecule has 2 rings (SSSR count). The third kappa shape index (κ3) is 3.73. The smallest absolute Gasteiger partial charge is 0.0503 e. The average Bonchev–Trinajstić information content (AvgIpc) is 2.39. The van der Waals surface area contributed by atoms with E-state index in [1.54, 1.807) is 6.07 Å². The van der Waals surface area contributed by atoms with Gasteiger partial charge in [-0.3, -0.25) is 0 Å². The molecular weight excluding hydrogens is 347 g/mol. The summed E-state index contributed by atoms with van der Waals surface area (Å²) in [5.41, 5.74) is 2.07. The van der Waals surface area contributed by atoms with Crippen molar-refractivity contribution in [3.8, 4) is 0 Å². The van der Waals surface area contributed by atoms with Crippen molar-refractivity contribution in [3.63, 3.8) is 0 Å². The highest BCUT2D eigenvalue weighted by molar-refractivity contribution is 9.10. The molecule has 0 radical (unpaired) electrons. The molecule has 0 aliphatic carbocycles. The maximum absolute atomic E-state index is 9.62. The Hall–Kier alpha value is -0.540. The molecule has 0 aliphatic heterocycles. The van der Waals surface area contributed by atoms with Gasteiger partial charge >= 0.3 is 0 Å². The van der Waals surface area contributed by atoms with Crippen LogP contribution in [0.2, 0.25) is 10.0 Å². The quantitative estimate of drug-likeness (QED) is 0.807. The van der Waals surface area contributed by atoms with Crippen LogP contribution in [0.25, 0.3) is 0 Å². The minimum absolute atomic E-state index is 0.00857. The molecule has 2 aromatic carbocycles. The van der Waals surface area contributed by atoms with Crippen LogP contribution in [0.5, 0.6) is 0 Å². The predicted octanol–water partition coefficient (Wildman–Crippen LogP) is 5.07. The molecule has 0 fully saturated rings. The van der Waals surface area contributed by atoms with Crippen LogP contribution in [0.1, 0.15) is 17.0 Å². The topological polar surface area (TPSA) is 20.2 Å². The zero-order chi connectivity index (χ0) is 13.8. The van der Waals surface area contributed by atoms with Crippen molar-refractivity contribution in [2.24, 2.45) is 0 Å². The number of aliphatic hydroxyl groups is 1. The molecule has 0 saturated heterocycles. The van der Waals surface area contributed by atoms with E-state index < -0.39 is 0 Å². The number of aliphatic hydroxyl groups excluding tert-OH is 1. The number of benzene rings is 2. The molecule has 0 saturated carbocycles. The van der Waals surface area contributed by atoms with Gasteiger partial charge in [0.15, 0.2) is 0 Å². The fraction of sp³-hybridized carbons (Fsp3) is 0.200. The maximum Gasteiger partial charge on any atom is 0.0503 e. The molecule has 0 amide bonds. The van der Waals surface area contributed by atoms with E-state index in [4.69, 9.17) is 23.2 Å². The van der Waals surface area contributed by atoms with Crippen LogP contribution in [0.15, 0.2) is 46.9 Å². The zero-order valence-electron chi connectivity index (χ0n) is 10.1. The Bertz CT molecular complexity index is 572. The van der Waals surface area contributed by atoms with Crippen molar-refractivity contribution in [1.82, 2.24) is 0 Å². The third-order valence-corrected chi connectivity index (χ3v) is 4.36. The number of hydrogen-bond acceptors (Lipinski definition) is 1. The molecule has 0 aromatic heterocycles. The molecule has 1 unspecified atom stereocenters. The minimum atomic E-state index is 0.00857. The van der Waals surface area contributed by atoms with Gasteiger partial charge in [-0.05, 0) is 35.7 Å². The van der Waals surface area contributed by atoms with Gasteiger partial charge in [0.25, 0.3) is 0 Å². The fourth-order valence-electron chi connectivity index (χ4n) is 2.03.